The van der Waals surface area contributed by atoms with E-state index in [4.69, 9.17) is 0 Å². The van der Waals surface area contributed by atoms with Gasteiger partial charge in [0.2, 0.25) is 5.24 Å². The minimum Gasteiger partial charge on any atom is -0.294 e. The molecule has 136 valence electrons. The van der Waals surface area contributed by atoms with Crippen LogP contribution in [0.1, 0.15) is 24.2 Å². The highest BCUT2D eigenvalue weighted by molar-refractivity contribution is 7.98. The molecule has 0 spiro atoms. The molecule has 2 rings (SSSR count). The lowest BCUT2D eigenvalue weighted by atomic mass is 10.1. The van der Waals surface area contributed by atoms with Crippen molar-refractivity contribution in [1.82, 2.24) is 0 Å². The van der Waals surface area contributed by atoms with E-state index >= 15 is 0 Å². The van der Waals surface area contributed by atoms with Crippen LogP contribution in [0.4, 0.5) is 8.78 Å². The zero-order chi connectivity index (χ0) is 19.4. The number of hydrogen-bond acceptors (Lipinski definition) is 4. The molecule has 2 aromatic rings. The summed E-state index contributed by atoms with van der Waals surface area (Å²) >= 11 is 7.63. The molecule has 7 heteroatoms. The number of hydrogen-bond donors (Lipinski definition) is 0. The molecule has 0 N–H and O–H groups in total. The van der Waals surface area contributed by atoms with Crippen molar-refractivity contribution in [2.75, 3.05) is 12.5 Å². The summed E-state index contributed by atoms with van der Waals surface area (Å²) < 4.78 is 25.4. The van der Waals surface area contributed by atoms with Crippen molar-refractivity contribution in [3.8, 4) is 0 Å². The van der Waals surface area contributed by atoms with Gasteiger partial charge in [0.05, 0.1) is 5.56 Å². The maximum atomic E-state index is 13.1. The molecule has 0 atom stereocenters. The van der Waals surface area contributed by atoms with Crippen molar-refractivity contribution in [3.05, 3.63) is 59.7 Å². The second-order valence-electron chi connectivity index (χ2n) is 4.53. The summed E-state index contributed by atoms with van der Waals surface area (Å²) in [7, 11) is 0. The second kappa shape index (κ2) is 12.9. The number of thioether (sulfide) groups is 2. The zero-order valence-corrected chi connectivity index (χ0v) is 16.7. The fourth-order valence-electron chi connectivity index (χ4n) is 1.50. The molecule has 0 amide bonds. The summed E-state index contributed by atoms with van der Waals surface area (Å²) in [6.07, 6.45) is 3.79. The largest absolute Gasteiger partial charge is 0.294 e. The Bertz CT molecular complexity index is 705. The average Bonchev–Trinajstić information content (AvgIpc) is 2.54. The van der Waals surface area contributed by atoms with Crippen molar-refractivity contribution in [2.24, 2.45) is 0 Å². The third-order valence-corrected chi connectivity index (χ3v) is 4.04. The van der Waals surface area contributed by atoms with Gasteiger partial charge in [0, 0.05) is 16.7 Å². The van der Waals surface area contributed by atoms with E-state index in [-0.39, 0.29) is 22.4 Å². The fraction of sp³-hybridized carbons (Fsp3) is 0.222. The molecule has 25 heavy (non-hydrogen) atoms. The molecule has 0 aromatic heterocycles. The van der Waals surface area contributed by atoms with Gasteiger partial charge in [-0.1, -0.05) is 6.07 Å². The molecule has 0 aliphatic rings. The third-order valence-electron chi connectivity index (χ3n) is 2.59. The van der Waals surface area contributed by atoms with Crippen molar-refractivity contribution in [2.45, 2.75) is 23.6 Å². The van der Waals surface area contributed by atoms with Gasteiger partial charge in [-0.15, -0.1) is 23.5 Å². The Morgan fingerprint density at radius 1 is 0.920 bits per heavy atom. The first-order valence-electron chi connectivity index (χ1n) is 7.01. The van der Waals surface area contributed by atoms with Crippen molar-refractivity contribution in [3.63, 3.8) is 0 Å². The molecule has 2 nitrogen and oxygen atoms in total. The normalized spacial score (nSPS) is 9.24. The molecule has 0 saturated heterocycles. The number of benzene rings is 2. The van der Waals surface area contributed by atoms with Gasteiger partial charge in [-0.2, -0.15) is 0 Å². The van der Waals surface area contributed by atoms with E-state index in [9.17, 15) is 18.4 Å². The van der Waals surface area contributed by atoms with Crippen molar-refractivity contribution in [1.29, 1.82) is 0 Å². The lowest BCUT2D eigenvalue weighted by molar-refractivity contribution is -0.109. The molecule has 0 aliphatic heterocycles. The molecular weight excluding hydrogens is 386 g/mol. The van der Waals surface area contributed by atoms with Gasteiger partial charge >= 0.3 is 0 Å². The van der Waals surface area contributed by atoms with Crippen LogP contribution in [0.2, 0.25) is 0 Å². The van der Waals surface area contributed by atoms with Crippen LogP contribution in [0.15, 0.2) is 52.3 Å². The maximum absolute atomic E-state index is 13.1. The number of rotatable bonds is 3. The van der Waals surface area contributed by atoms with Crippen LogP contribution in [-0.2, 0) is 4.79 Å². The highest BCUT2D eigenvalue weighted by atomic mass is 35.5. The third kappa shape index (κ3) is 11.0. The second-order valence-corrected chi connectivity index (χ2v) is 6.83. The van der Waals surface area contributed by atoms with Crippen LogP contribution in [0, 0.1) is 11.6 Å². The summed E-state index contributed by atoms with van der Waals surface area (Å²) in [6.45, 7) is 2.65. The molecule has 0 saturated carbocycles. The predicted octanol–water partition coefficient (Wildman–Crippen LogP) is 6.07. The van der Waals surface area contributed by atoms with Crippen LogP contribution in [0.25, 0.3) is 0 Å². The standard InChI is InChI=1S/C9H9FOS.C7H7FS.C2H3ClO/c1-6(11)8-4-3-7(12-2)5-9(8)10;1-9-7-4-2-3-6(8)5-7;1-2(3)4/h3-5H,1-2H3;2-5H,1H3;1H3. The minimum absolute atomic E-state index is 0.160. The molecule has 0 unspecified atom stereocenters. The molecule has 0 fully saturated rings. The van der Waals surface area contributed by atoms with Crippen LogP contribution in [0.5, 0.6) is 0 Å². The number of carbonyl (C=O) groups excluding carboxylic acids is 2. The van der Waals surface area contributed by atoms with Gasteiger partial charge in [0.25, 0.3) is 0 Å². The SMILES string of the molecule is CC(=O)Cl.CSc1ccc(C(C)=O)c(F)c1.CSc1cccc(F)c1. The van der Waals surface area contributed by atoms with Crippen molar-refractivity contribution < 1.29 is 18.4 Å². The molecule has 0 bridgehead atoms. The summed E-state index contributed by atoms with van der Waals surface area (Å²) in [5.41, 5.74) is 0.160. The van der Waals surface area contributed by atoms with Crippen LogP contribution >= 0.6 is 35.1 Å². The highest BCUT2D eigenvalue weighted by Crippen LogP contribution is 2.18. The summed E-state index contributed by atoms with van der Waals surface area (Å²) in [5.74, 6) is -0.837. The Labute approximate surface area is 160 Å². The smallest absolute Gasteiger partial charge is 0.218 e. The van der Waals surface area contributed by atoms with E-state index < -0.39 is 5.82 Å². The Kier molecular flexibility index (Phi) is 12.2. The minimum atomic E-state index is -0.436. The molecule has 0 radical (unpaired) electrons. The first kappa shape index (κ1) is 23.6. The van der Waals surface area contributed by atoms with Gasteiger partial charge in [-0.3, -0.25) is 9.59 Å². The molecule has 0 aliphatic carbocycles. The van der Waals surface area contributed by atoms with E-state index in [0.717, 1.165) is 9.79 Å². The van der Waals surface area contributed by atoms with E-state index in [0.29, 0.717) is 0 Å². The average molecular weight is 405 g/mol. The number of carbonyl (C=O) groups is 2. The molecular formula is C18H19ClF2O2S2. The van der Waals surface area contributed by atoms with E-state index in [1.807, 2.05) is 18.6 Å². The van der Waals surface area contributed by atoms with Gasteiger partial charge in [-0.05, 0) is 67.4 Å². The molecule has 2 aromatic carbocycles. The number of Topliss-reactive ketones (excluding diaryl/α,β-unsaturated/α-hetero) is 1. The number of halogens is 3. The van der Waals surface area contributed by atoms with Gasteiger partial charge in [-0.25, -0.2) is 8.78 Å². The Morgan fingerprint density at radius 2 is 1.44 bits per heavy atom. The lowest BCUT2D eigenvalue weighted by Crippen LogP contribution is -1.96. The van der Waals surface area contributed by atoms with Crippen LogP contribution in [-0.4, -0.2) is 23.5 Å². The van der Waals surface area contributed by atoms with E-state index in [1.54, 1.807) is 23.9 Å². The van der Waals surface area contributed by atoms with E-state index in [1.165, 1.54) is 49.9 Å². The van der Waals surface area contributed by atoms with Crippen LogP contribution < -0.4 is 0 Å². The van der Waals surface area contributed by atoms with Gasteiger partial charge in [0.1, 0.15) is 11.6 Å². The van der Waals surface area contributed by atoms with Gasteiger partial charge < -0.3 is 0 Å². The Morgan fingerprint density at radius 3 is 1.80 bits per heavy atom. The monoisotopic (exact) mass is 404 g/mol. The Balaban J connectivity index is 0.000000391. The van der Waals surface area contributed by atoms with Crippen molar-refractivity contribution >= 4 is 46.2 Å². The summed E-state index contributed by atoms with van der Waals surface area (Å²) in [4.78, 5) is 21.8. The van der Waals surface area contributed by atoms with Crippen LogP contribution in [0.3, 0.4) is 0 Å². The fourth-order valence-corrected chi connectivity index (χ4v) is 2.37. The predicted molar refractivity (Wildman–Crippen MR) is 103 cm³/mol. The quantitative estimate of drug-likeness (QED) is 0.353. The zero-order valence-electron chi connectivity index (χ0n) is 14.3. The first-order valence-corrected chi connectivity index (χ1v) is 9.84. The highest BCUT2D eigenvalue weighted by Gasteiger charge is 2.06. The van der Waals surface area contributed by atoms with Gasteiger partial charge in [0.15, 0.2) is 5.78 Å². The first-order chi connectivity index (χ1) is 11.7. The topological polar surface area (TPSA) is 34.1 Å². The lowest BCUT2D eigenvalue weighted by Gasteiger charge is -2.00. The molecule has 0 heterocycles. The number of ketones is 1. The summed E-state index contributed by atoms with van der Waals surface area (Å²) in [5, 5.41) is -0.361. The summed E-state index contributed by atoms with van der Waals surface area (Å²) in [6, 6.07) is 11.2. The Hall–Kier alpha value is -1.37. The maximum Gasteiger partial charge on any atom is 0.218 e. The van der Waals surface area contributed by atoms with E-state index in [2.05, 4.69) is 11.6 Å².